The molecule has 0 saturated heterocycles. The van der Waals surface area contributed by atoms with Gasteiger partial charge in [-0.3, -0.25) is 4.98 Å². The number of hydrogen-bond acceptors (Lipinski definition) is 3. The summed E-state index contributed by atoms with van der Waals surface area (Å²) in [7, 11) is 0. The number of benzene rings is 1. The van der Waals surface area contributed by atoms with E-state index in [1.54, 1.807) is 0 Å². The minimum Gasteiger partial charge on any atom is -0.378 e. The van der Waals surface area contributed by atoms with Crippen LogP contribution >= 0.6 is 0 Å². The molecule has 96 valence electrons. The fourth-order valence-corrected chi connectivity index (χ4v) is 2.02. The lowest BCUT2D eigenvalue weighted by Gasteiger charge is -2.30. The fourth-order valence-electron chi connectivity index (χ4n) is 2.02. The second-order valence-electron chi connectivity index (χ2n) is 5.07. The lowest BCUT2D eigenvalue weighted by atomic mass is 9.98. The van der Waals surface area contributed by atoms with Gasteiger partial charge in [0.15, 0.2) is 0 Å². The largest absolute Gasteiger partial charge is 0.378 e. The van der Waals surface area contributed by atoms with Crippen molar-refractivity contribution in [2.75, 3.05) is 11.9 Å². The van der Waals surface area contributed by atoms with E-state index >= 15 is 0 Å². The monoisotopic (exact) mass is 243 g/mol. The topological polar surface area (TPSA) is 50.9 Å². The van der Waals surface area contributed by atoms with Crippen molar-refractivity contribution in [1.82, 2.24) is 4.98 Å². The van der Waals surface area contributed by atoms with E-state index in [1.807, 2.05) is 25.1 Å². The van der Waals surface area contributed by atoms with Crippen LogP contribution in [0.1, 0.15) is 26.0 Å². The molecule has 2 rings (SSSR count). The maximum Gasteiger partial charge on any atom is 0.0725 e. The van der Waals surface area contributed by atoms with Crippen molar-refractivity contribution in [3.8, 4) is 0 Å². The van der Waals surface area contributed by atoms with Gasteiger partial charge in [0.05, 0.1) is 5.52 Å². The zero-order valence-corrected chi connectivity index (χ0v) is 11.3. The fraction of sp³-hybridized carbons (Fsp3) is 0.400. The van der Waals surface area contributed by atoms with E-state index in [2.05, 4.69) is 36.3 Å². The van der Waals surface area contributed by atoms with Crippen molar-refractivity contribution in [3.63, 3.8) is 0 Å². The number of para-hydroxylation sites is 1. The van der Waals surface area contributed by atoms with Crippen LogP contribution in [0.15, 0.2) is 30.3 Å². The summed E-state index contributed by atoms with van der Waals surface area (Å²) in [5.74, 6) is 0. The number of aromatic nitrogens is 1. The summed E-state index contributed by atoms with van der Waals surface area (Å²) in [6, 6.07) is 10.3. The molecule has 0 aliphatic rings. The second-order valence-corrected chi connectivity index (χ2v) is 5.07. The SMILES string of the molecule is CCC(C)(CN)Nc1cc(C)nc2ccccc12. The lowest BCUT2D eigenvalue weighted by Crippen LogP contribution is -2.41. The van der Waals surface area contributed by atoms with Crippen molar-refractivity contribution in [1.29, 1.82) is 0 Å². The van der Waals surface area contributed by atoms with E-state index in [0.717, 1.165) is 28.7 Å². The third-order valence-corrected chi connectivity index (χ3v) is 3.51. The van der Waals surface area contributed by atoms with Gasteiger partial charge in [0.25, 0.3) is 0 Å². The molecule has 18 heavy (non-hydrogen) atoms. The highest BCUT2D eigenvalue weighted by atomic mass is 15.0. The molecule has 2 aromatic rings. The number of aryl methyl sites for hydroxylation is 1. The minimum absolute atomic E-state index is 0.0729. The molecule has 1 unspecified atom stereocenters. The zero-order valence-electron chi connectivity index (χ0n) is 11.3. The van der Waals surface area contributed by atoms with Crippen molar-refractivity contribution in [2.45, 2.75) is 32.7 Å². The Morgan fingerprint density at radius 1 is 1.33 bits per heavy atom. The first kappa shape index (κ1) is 12.8. The summed E-state index contributed by atoms with van der Waals surface area (Å²) < 4.78 is 0. The van der Waals surface area contributed by atoms with Crippen LogP contribution in [0.5, 0.6) is 0 Å². The maximum atomic E-state index is 5.87. The zero-order chi connectivity index (χ0) is 13.2. The van der Waals surface area contributed by atoms with Crippen molar-refractivity contribution < 1.29 is 0 Å². The Hall–Kier alpha value is -1.61. The molecule has 3 nitrogen and oxygen atoms in total. The van der Waals surface area contributed by atoms with Crippen LogP contribution in [-0.2, 0) is 0 Å². The predicted molar refractivity (Wildman–Crippen MR) is 77.9 cm³/mol. The van der Waals surface area contributed by atoms with E-state index in [0.29, 0.717) is 6.54 Å². The molecule has 0 aliphatic carbocycles. The molecule has 0 saturated carbocycles. The Morgan fingerprint density at radius 2 is 2.06 bits per heavy atom. The minimum atomic E-state index is -0.0729. The van der Waals surface area contributed by atoms with Crippen molar-refractivity contribution in [3.05, 3.63) is 36.0 Å². The highest BCUT2D eigenvalue weighted by Crippen LogP contribution is 2.26. The molecular weight excluding hydrogens is 222 g/mol. The number of fused-ring (bicyclic) bond motifs is 1. The van der Waals surface area contributed by atoms with Gasteiger partial charge in [-0.05, 0) is 32.4 Å². The Bertz CT molecular complexity index is 544. The van der Waals surface area contributed by atoms with E-state index in [-0.39, 0.29) is 5.54 Å². The third-order valence-electron chi connectivity index (χ3n) is 3.51. The molecule has 3 heteroatoms. The standard InChI is InChI=1S/C15H21N3/c1-4-15(3,10-16)18-14-9-11(2)17-13-8-6-5-7-12(13)14/h5-9H,4,10,16H2,1-3H3,(H,17,18). The Labute approximate surface area is 108 Å². The van der Waals surface area contributed by atoms with E-state index in [9.17, 15) is 0 Å². The molecule has 1 aromatic carbocycles. The van der Waals surface area contributed by atoms with Gasteiger partial charge in [0, 0.05) is 28.9 Å². The predicted octanol–water partition coefficient (Wildman–Crippen LogP) is 3.08. The van der Waals surface area contributed by atoms with Crippen LogP contribution in [0, 0.1) is 6.92 Å². The molecule has 0 aliphatic heterocycles. The molecule has 3 N–H and O–H groups in total. The third kappa shape index (κ3) is 2.46. The average Bonchev–Trinajstić information content (AvgIpc) is 2.38. The summed E-state index contributed by atoms with van der Waals surface area (Å²) in [6.07, 6.45) is 0.985. The molecule has 0 radical (unpaired) electrons. The van der Waals surface area contributed by atoms with Gasteiger partial charge < -0.3 is 11.1 Å². The van der Waals surface area contributed by atoms with Gasteiger partial charge in [0.2, 0.25) is 0 Å². The number of rotatable bonds is 4. The lowest BCUT2D eigenvalue weighted by molar-refractivity contribution is 0.507. The number of hydrogen-bond donors (Lipinski definition) is 2. The molecule has 0 spiro atoms. The first-order valence-corrected chi connectivity index (χ1v) is 6.42. The van der Waals surface area contributed by atoms with Crippen LogP contribution in [0.4, 0.5) is 5.69 Å². The number of anilines is 1. The average molecular weight is 243 g/mol. The molecular formula is C15H21N3. The van der Waals surface area contributed by atoms with Gasteiger partial charge in [-0.25, -0.2) is 0 Å². The Balaban J connectivity index is 2.50. The number of nitrogens with zero attached hydrogens (tertiary/aromatic N) is 1. The van der Waals surface area contributed by atoms with Gasteiger partial charge >= 0.3 is 0 Å². The number of nitrogens with two attached hydrogens (primary N) is 1. The summed E-state index contributed by atoms with van der Waals surface area (Å²) >= 11 is 0. The van der Waals surface area contributed by atoms with E-state index in [1.165, 1.54) is 0 Å². The maximum absolute atomic E-state index is 5.87. The van der Waals surface area contributed by atoms with Crippen molar-refractivity contribution in [2.24, 2.45) is 5.73 Å². The first-order valence-electron chi connectivity index (χ1n) is 6.42. The normalized spacial score (nSPS) is 14.4. The summed E-state index contributed by atoms with van der Waals surface area (Å²) in [4.78, 5) is 4.55. The summed E-state index contributed by atoms with van der Waals surface area (Å²) in [5, 5.41) is 4.72. The molecule has 1 atom stereocenters. The highest BCUT2D eigenvalue weighted by molar-refractivity contribution is 5.91. The van der Waals surface area contributed by atoms with E-state index < -0.39 is 0 Å². The Kier molecular flexibility index (Phi) is 3.53. The first-order chi connectivity index (χ1) is 8.58. The smallest absolute Gasteiger partial charge is 0.0725 e. The molecule has 0 bridgehead atoms. The van der Waals surface area contributed by atoms with E-state index in [4.69, 9.17) is 5.73 Å². The van der Waals surface area contributed by atoms with Crippen molar-refractivity contribution >= 4 is 16.6 Å². The quantitative estimate of drug-likeness (QED) is 0.867. The van der Waals surface area contributed by atoms with Gasteiger partial charge in [-0.1, -0.05) is 25.1 Å². The Morgan fingerprint density at radius 3 is 2.72 bits per heavy atom. The van der Waals surface area contributed by atoms with Gasteiger partial charge in [-0.2, -0.15) is 0 Å². The van der Waals surface area contributed by atoms with Gasteiger partial charge in [0.1, 0.15) is 0 Å². The second kappa shape index (κ2) is 4.94. The highest BCUT2D eigenvalue weighted by Gasteiger charge is 2.20. The van der Waals surface area contributed by atoms with Crippen LogP contribution < -0.4 is 11.1 Å². The number of nitrogens with one attached hydrogen (secondary N) is 1. The molecule has 1 heterocycles. The molecule has 0 fully saturated rings. The summed E-state index contributed by atoms with van der Waals surface area (Å²) in [6.45, 7) is 6.93. The van der Waals surface area contributed by atoms with Crippen LogP contribution in [0.2, 0.25) is 0 Å². The molecule has 1 aromatic heterocycles. The van der Waals surface area contributed by atoms with Crippen LogP contribution in [-0.4, -0.2) is 17.1 Å². The summed E-state index contributed by atoms with van der Waals surface area (Å²) in [5.41, 5.74) is 8.96. The van der Waals surface area contributed by atoms with Crippen LogP contribution in [0.3, 0.4) is 0 Å². The van der Waals surface area contributed by atoms with Crippen LogP contribution in [0.25, 0.3) is 10.9 Å². The van der Waals surface area contributed by atoms with Gasteiger partial charge in [-0.15, -0.1) is 0 Å². The number of pyridine rings is 1. The molecule has 0 amide bonds.